The number of alkyl halides is 3. The molecule has 0 atom stereocenters. The molecule has 0 saturated carbocycles. The normalized spacial score (nSPS) is 16.0. The standard InChI is InChI=1S/C29H28F4N4O2/c1-16-22-5-3-18(13-20(22)7-10-35-16)24-15-23(27(30)36-28(24)34)19-4-6-26(25(14-19)29(31,32)33)39-21-8-11-37(12-9-21)17(2)38/h3-6,13-15,21,35H,1,7-12H2,2H3,(H2,34,36). The number of likely N-dealkylation sites (tertiary alicyclic amines) is 1. The van der Waals surface area contributed by atoms with E-state index in [0.29, 0.717) is 37.1 Å². The summed E-state index contributed by atoms with van der Waals surface area (Å²) in [6, 6.07) is 10.5. The molecule has 6 nitrogen and oxygen atoms in total. The molecule has 1 saturated heterocycles. The number of carbonyl (C=O) groups is 1. The van der Waals surface area contributed by atoms with Crippen molar-refractivity contribution in [2.45, 2.75) is 38.5 Å². The minimum Gasteiger partial charge on any atom is -0.490 e. The number of hydrogen-bond acceptors (Lipinski definition) is 5. The van der Waals surface area contributed by atoms with Crippen LogP contribution in [0.4, 0.5) is 23.4 Å². The number of amides is 1. The molecule has 204 valence electrons. The minimum atomic E-state index is -4.74. The molecular formula is C29H28F4N4O2. The van der Waals surface area contributed by atoms with Crippen LogP contribution in [0.3, 0.4) is 0 Å². The van der Waals surface area contributed by atoms with Gasteiger partial charge in [0.1, 0.15) is 17.7 Å². The van der Waals surface area contributed by atoms with Crippen LogP contribution in [0.2, 0.25) is 0 Å². The second kappa shape index (κ2) is 10.2. The third kappa shape index (κ3) is 5.41. The van der Waals surface area contributed by atoms with Crippen LogP contribution in [0, 0.1) is 5.95 Å². The second-order valence-corrected chi connectivity index (χ2v) is 9.82. The van der Waals surface area contributed by atoms with Crippen molar-refractivity contribution in [2.24, 2.45) is 0 Å². The Kier molecular flexibility index (Phi) is 6.96. The number of anilines is 1. The van der Waals surface area contributed by atoms with E-state index in [1.54, 1.807) is 4.90 Å². The number of piperidine rings is 1. The SMILES string of the molecule is C=C1NCCc2cc(-c3cc(-c4ccc(OC5CCN(C(C)=O)CC5)c(C(F)(F)F)c4)c(F)nc3N)ccc21. The number of aromatic nitrogens is 1. The van der Waals surface area contributed by atoms with Gasteiger partial charge in [0.25, 0.3) is 0 Å². The summed E-state index contributed by atoms with van der Waals surface area (Å²) in [5, 5.41) is 3.20. The van der Waals surface area contributed by atoms with Crippen molar-refractivity contribution < 1.29 is 27.1 Å². The summed E-state index contributed by atoms with van der Waals surface area (Å²) in [5.74, 6) is -1.44. The number of pyridine rings is 1. The zero-order valence-electron chi connectivity index (χ0n) is 21.4. The Morgan fingerprint density at radius 2 is 1.77 bits per heavy atom. The van der Waals surface area contributed by atoms with Gasteiger partial charge in [-0.3, -0.25) is 4.79 Å². The summed E-state index contributed by atoms with van der Waals surface area (Å²) in [6.45, 7) is 7.02. The average molecular weight is 541 g/mol. The maximum atomic E-state index is 15.0. The quantitative estimate of drug-likeness (QED) is 0.330. The van der Waals surface area contributed by atoms with Gasteiger partial charge in [-0.1, -0.05) is 30.8 Å². The summed E-state index contributed by atoms with van der Waals surface area (Å²) < 4.78 is 63.0. The van der Waals surface area contributed by atoms with Crippen LogP contribution >= 0.6 is 0 Å². The fraction of sp³-hybridized carbons (Fsp3) is 0.310. The highest BCUT2D eigenvalue weighted by atomic mass is 19.4. The van der Waals surface area contributed by atoms with Crippen molar-refractivity contribution in [1.29, 1.82) is 0 Å². The fourth-order valence-corrected chi connectivity index (χ4v) is 5.13. The number of nitrogens with two attached hydrogens (primary N) is 1. The van der Waals surface area contributed by atoms with Gasteiger partial charge in [0, 0.05) is 61.8 Å². The molecule has 2 aliphatic rings. The lowest BCUT2D eigenvalue weighted by Crippen LogP contribution is -2.40. The van der Waals surface area contributed by atoms with E-state index in [0.717, 1.165) is 35.9 Å². The molecule has 5 rings (SSSR count). The Bertz CT molecular complexity index is 1450. The number of carbonyl (C=O) groups excluding carboxylic acids is 1. The summed E-state index contributed by atoms with van der Waals surface area (Å²) >= 11 is 0. The molecule has 2 aliphatic heterocycles. The molecule has 0 bridgehead atoms. The first-order chi connectivity index (χ1) is 18.5. The van der Waals surface area contributed by atoms with Gasteiger partial charge in [-0.25, -0.2) is 4.98 Å². The molecule has 2 aromatic carbocycles. The second-order valence-electron chi connectivity index (χ2n) is 9.82. The van der Waals surface area contributed by atoms with Crippen LogP contribution in [0.15, 0.2) is 49.0 Å². The molecule has 3 N–H and O–H groups in total. The third-order valence-corrected chi connectivity index (χ3v) is 7.26. The van der Waals surface area contributed by atoms with E-state index in [1.165, 1.54) is 25.1 Å². The minimum absolute atomic E-state index is 0.00265. The van der Waals surface area contributed by atoms with Gasteiger partial charge in [-0.2, -0.15) is 17.6 Å². The Labute approximate surface area is 223 Å². The van der Waals surface area contributed by atoms with Crippen molar-refractivity contribution in [1.82, 2.24) is 15.2 Å². The number of rotatable bonds is 4. The summed E-state index contributed by atoms with van der Waals surface area (Å²) in [6.07, 6.45) is -3.61. The first kappa shape index (κ1) is 26.5. The Morgan fingerprint density at radius 3 is 2.46 bits per heavy atom. The van der Waals surface area contributed by atoms with Crippen molar-refractivity contribution in [3.8, 4) is 28.0 Å². The van der Waals surface area contributed by atoms with Crippen LogP contribution in [0.1, 0.15) is 36.5 Å². The lowest BCUT2D eigenvalue weighted by molar-refractivity contribution is -0.139. The molecule has 0 unspecified atom stereocenters. The average Bonchev–Trinajstić information content (AvgIpc) is 2.89. The number of halogens is 4. The maximum Gasteiger partial charge on any atom is 0.419 e. The topological polar surface area (TPSA) is 80.5 Å². The van der Waals surface area contributed by atoms with Crippen molar-refractivity contribution in [3.63, 3.8) is 0 Å². The molecule has 0 radical (unpaired) electrons. The van der Waals surface area contributed by atoms with Crippen molar-refractivity contribution >= 4 is 17.4 Å². The molecule has 39 heavy (non-hydrogen) atoms. The fourth-order valence-electron chi connectivity index (χ4n) is 5.13. The molecule has 0 spiro atoms. The molecule has 1 fully saturated rings. The van der Waals surface area contributed by atoms with Gasteiger partial charge in [-0.15, -0.1) is 0 Å². The van der Waals surface area contributed by atoms with Gasteiger partial charge in [0.15, 0.2) is 0 Å². The largest absolute Gasteiger partial charge is 0.490 e. The molecular weight excluding hydrogens is 512 g/mol. The van der Waals surface area contributed by atoms with E-state index >= 15 is 4.39 Å². The van der Waals surface area contributed by atoms with Crippen LogP contribution in [-0.4, -0.2) is 41.5 Å². The van der Waals surface area contributed by atoms with E-state index in [4.69, 9.17) is 10.5 Å². The van der Waals surface area contributed by atoms with Gasteiger partial charge in [-0.05, 0) is 41.3 Å². The number of nitrogen functional groups attached to an aromatic ring is 1. The Hall–Kier alpha value is -4.08. The lowest BCUT2D eigenvalue weighted by Gasteiger charge is -2.32. The Balaban J connectivity index is 1.48. The van der Waals surface area contributed by atoms with Gasteiger partial charge >= 0.3 is 6.18 Å². The number of ether oxygens (including phenoxy) is 1. The predicted molar refractivity (Wildman–Crippen MR) is 141 cm³/mol. The summed E-state index contributed by atoms with van der Waals surface area (Å²) in [7, 11) is 0. The van der Waals surface area contributed by atoms with E-state index in [9.17, 15) is 18.0 Å². The number of nitrogens with one attached hydrogen (secondary N) is 1. The van der Waals surface area contributed by atoms with Crippen molar-refractivity contribution in [3.05, 3.63) is 71.7 Å². The van der Waals surface area contributed by atoms with E-state index in [1.807, 2.05) is 18.2 Å². The molecule has 1 amide bonds. The molecule has 1 aromatic heterocycles. The van der Waals surface area contributed by atoms with Crippen molar-refractivity contribution in [2.75, 3.05) is 25.4 Å². The highest BCUT2D eigenvalue weighted by Crippen LogP contribution is 2.41. The molecule has 3 aromatic rings. The number of fused-ring (bicyclic) bond motifs is 1. The zero-order valence-corrected chi connectivity index (χ0v) is 21.4. The lowest BCUT2D eigenvalue weighted by atomic mass is 9.93. The van der Waals surface area contributed by atoms with Gasteiger partial charge < -0.3 is 20.7 Å². The smallest absolute Gasteiger partial charge is 0.419 e. The van der Waals surface area contributed by atoms with Crippen LogP contribution in [0.25, 0.3) is 28.0 Å². The van der Waals surface area contributed by atoms with Gasteiger partial charge in [0.2, 0.25) is 11.9 Å². The Morgan fingerprint density at radius 1 is 1.08 bits per heavy atom. The van der Waals surface area contributed by atoms with Gasteiger partial charge in [0.05, 0.1) is 5.56 Å². The van der Waals surface area contributed by atoms with Crippen LogP contribution in [0.5, 0.6) is 5.75 Å². The summed E-state index contributed by atoms with van der Waals surface area (Å²) in [4.78, 5) is 17.0. The zero-order chi connectivity index (χ0) is 27.9. The van der Waals surface area contributed by atoms with E-state index in [-0.39, 0.29) is 28.6 Å². The maximum absolute atomic E-state index is 15.0. The molecule has 10 heteroatoms. The first-order valence-corrected chi connectivity index (χ1v) is 12.7. The number of benzene rings is 2. The van der Waals surface area contributed by atoms with Crippen LogP contribution < -0.4 is 15.8 Å². The highest BCUT2D eigenvalue weighted by Gasteiger charge is 2.36. The summed E-state index contributed by atoms with van der Waals surface area (Å²) in [5.41, 5.74) is 8.86. The third-order valence-electron chi connectivity index (χ3n) is 7.26. The first-order valence-electron chi connectivity index (χ1n) is 12.7. The molecule has 3 heterocycles. The van der Waals surface area contributed by atoms with Crippen LogP contribution in [-0.2, 0) is 17.4 Å². The number of nitrogens with zero attached hydrogens (tertiary/aromatic N) is 2. The molecule has 0 aliphatic carbocycles. The van der Waals surface area contributed by atoms with E-state index in [2.05, 4.69) is 16.9 Å². The predicted octanol–water partition coefficient (Wildman–Crippen LogP) is 5.66. The monoisotopic (exact) mass is 540 g/mol. The number of hydrogen-bond donors (Lipinski definition) is 2. The van der Waals surface area contributed by atoms with E-state index < -0.39 is 23.8 Å². The highest BCUT2D eigenvalue weighted by molar-refractivity contribution is 5.82.